The molecule has 0 saturated carbocycles. The molecule has 0 amide bonds. The number of thiophene rings is 1. The smallest absolute Gasteiger partial charge is 0.130 e. The number of aromatic nitrogens is 3. The minimum atomic E-state index is 0.797. The van der Waals surface area contributed by atoms with Crippen LogP contribution in [0.2, 0.25) is 0 Å². The van der Waals surface area contributed by atoms with Gasteiger partial charge in [-0.2, -0.15) is 0 Å². The van der Waals surface area contributed by atoms with Crippen molar-refractivity contribution in [1.29, 1.82) is 0 Å². The highest BCUT2D eigenvalue weighted by molar-refractivity contribution is 7.16. The number of furan rings is 1. The normalized spacial score (nSPS) is 16.5. The van der Waals surface area contributed by atoms with Crippen molar-refractivity contribution in [2.45, 2.75) is 39.0 Å². The number of hydrogen-bond acceptors (Lipinski definition) is 3. The van der Waals surface area contributed by atoms with Crippen molar-refractivity contribution in [1.82, 2.24) is 14.5 Å². The molecule has 2 aliphatic carbocycles. The summed E-state index contributed by atoms with van der Waals surface area (Å²) in [6.07, 6.45) is 13.5. The van der Waals surface area contributed by atoms with Gasteiger partial charge in [-0.25, -0.2) is 4.98 Å². The van der Waals surface area contributed by atoms with E-state index in [1.165, 1.54) is 40.1 Å². The van der Waals surface area contributed by atoms with E-state index in [1.807, 2.05) is 42.5 Å². The monoisotopic (exact) mass is 379 g/mol. The third-order valence-corrected chi connectivity index (χ3v) is 6.26. The lowest BCUT2D eigenvalue weighted by molar-refractivity contribution is 0.554. The predicted octanol–water partition coefficient (Wildman–Crippen LogP) is 5.86. The molecule has 4 aromatic heterocycles. The SMILES string of the molecule is CC1CCc2[nH]ccc21.Cc1coc2c1CC=C2.Cn1cnc2ccsc21. The summed E-state index contributed by atoms with van der Waals surface area (Å²) in [5, 5.41) is 2.05. The van der Waals surface area contributed by atoms with Gasteiger partial charge in [0.15, 0.2) is 0 Å². The Morgan fingerprint density at radius 2 is 2.22 bits per heavy atom. The van der Waals surface area contributed by atoms with E-state index in [0.717, 1.165) is 23.6 Å². The molecule has 140 valence electrons. The highest BCUT2D eigenvalue weighted by atomic mass is 32.1. The second kappa shape index (κ2) is 7.61. The number of imidazole rings is 1. The molecule has 2 aliphatic rings. The lowest BCUT2D eigenvalue weighted by atomic mass is 10.1. The van der Waals surface area contributed by atoms with E-state index >= 15 is 0 Å². The van der Waals surface area contributed by atoms with Gasteiger partial charge in [0, 0.05) is 24.5 Å². The fraction of sp³-hybridized carbons (Fsp3) is 0.318. The van der Waals surface area contributed by atoms with Crippen molar-refractivity contribution in [2.24, 2.45) is 7.05 Å². The van der Waals surface area contributed by atoms with Gasteiger partial charge in [0.2, 0.25) is 0 Å². The number of fused-ring (bicyclic) bond motifs is 3. The maximum absolute atomic E-state index is 5.22. The molecule has 0 aromatic carbocycles. The van der Waals surface area contributed by atoms with Gasteiger partial charge >= 0.3 is 0 Å². The van der Waals surface area contributed by atoms with Crippen molar-refractivity contribution >= 4 is 27.8 Å². The summed E-state index contributed by atoms with van der Waals surface area (Å²) in [5.41, 5.74) is 6.73. The number of aryl methyl sites for hydroxylation is 3. The van der Waals surface area contributed by atoms with Gasteiger partial charge in [0.05, 0.1) is 18.1 Å². The number of nitrogens with zero attached hydrogens (tertiary/aromatic N) is 2. The Morgan fingerprint density at radius 1 is 1.33 bits per heavy atom. The minimum absolute atomic E-state index is 0.797. The van der Waals surface area contributed by atoms with Gasteiger partial charge in [0.1, 0.15) is 10.6 Å². The third-order valence-electron chi connectivity index (χ3n) is 5.27. The molecule has 0 radical (unpaired) electrons. The van der Waals surface area contributed by atoms with E-state index in [9.17, 15) is 0 Å². The number of H-pyrrole nitrogens is 1. The fourth-order valence-corrected chi connectivity index (χ4v) is 4.42. The van der Waals surface area contributed by atoms with Gasteiger partial charge < -0.3 is 14.0 Å². The van der Waals surface area contributed by atoms with Crippen LogP contribution in [0.1, 0.15) is 47.4 Å². The molecule has 1 N–H and O–H groups in total. The van der Waals surface area contributed by atoms with E-state index in [2.05, 4.69) is 41.3 Å². The molecule has 1 unspecified atom stereocenters. The number of nitrogens with one attached hydrogen (secondary N) is 1. The van der Waals surface area contributed by atoms with Crippen LogP contribution in [-0.4, -0.2) is 14.5 Å². The average molecular weight is 380 g/mol. The zero-order valence-electron chi connectivity index (χ0n) is 16.0. The Hall–Kier alpha value is -2.53. The van der Waals surface area contributed by atoms with Crippen LogP contribution in [0.15, 0.2) is 46.8 Å². The van der Waals surface area contributed by atoms with E-state index < -0.39 is 0 Å². The first-order valence-corrected chi connectivity index (χ1v) is 10.3. The van der Waals surface area contributed by atoms with Crippen molar-refractivity contribution < 1.29 is 4.42 Å². The van der Waals surface area contributed by atoms with Crippen LogP contribution < -0.4 is 0 Å². The van der Waals surface area contributed by atoms with Gasteiger partial charge in [-0.3, -0.25) is 0 Å². The Balaban J connectivity index is 0.0000001000. The molecule has 6 rings (SSSR count). The summed E-state index contributed by atoms with van der Waals surface area (Å²) in [7, 11) is 2.01. The van der Waals surface area contributed by atoms with Gasteiger partial charge in [-0.05, 0) is 66.8 Å². The Morgan fingerprint density at radius 3 is 3.00 bits per heavy atom. The zero-order valence-corrected chi connectivity index (χ0v) is 16.8. The number of hydrogen-bond donors (Lipinski definition) is 1. The van der Waals surface area contributed by atoms with Crippen LogP contribution in [-0.2, 0) is 19.9 Å². The summed E-state index contributed by atoms with van der Waals surface area (Å²) in [5.74, 6) is 1.85. The standard InChI is InChI=1S/C8H11N.C8H8O.C6H6N2S/c1-6-2-3-8-7(6)4-5-9-8;1-6-5-9-8-4-2-3-7(6)8;1-8-4-7-5-2-3-9-6(5)8/h4-6,9H,2-3H2,1H3;2,4-5H,3H2,1H3;2-4H,1H3. The first-order valence-electron chi connectivity index (χ1n) is 9.37. The molecule has 27 heavy (non-hydrogen) atoms. The second-order valence-electron chi connectivity index (χ2n) is 7.19. The highest BCUT2D eigenvalue weighted by Gasteiger charge is 2.18. The molecule has 0 saturated heterocycles. The average Bonchev–Trinajstić information content (AvgIpc) is 3.45. The Bertz CT molecular complexity index is 1060. The first kappa shape index (κ1) is 17.9. The van der Waals surface area contributed by atoms with Crippen LogP contribution in [0, 0.1) is 6.92 Å². The van der Waals surface area contributed by atoms with Crippen LogP contribution >= 0.6 is 11.3 Å². The minimum Gasteiger partial charge on any atom is -0.464 e. The van der Waals surface area contributed by atoms with Crippen molar-refractivity contribution in [3.63, 3.8) is 0 Å². The van der Waals surface area contributed by atoms with E-state index in [4.69, 9.17) is 4.42 Å². The molecule has 0 fully saturated rings. The zero-order chi connectivity index (χ0) is 18.8. The molecule has 4 heterocycles. The molecular formula is C22H25N3OS. The molecular weight excluding hydrogens is 354 g/mol. The van der Waals surface area contributed by atoms with Crippen LogP contribution in [0.25, 0.3) is 16.4 Å². The molecule has 0 aliphatic heterocycles. The van der Waals surface area contributed by atoms with Crippen molar-refractivity contribution in [3.05, 3.63) is 70.5 Å². The first-order chi connectivity index (χ1) is 13.1. The molecule has 0 bridgehead atoms. The molecule has 1 atom stereocenters. The van der Waals surface area contributed by atoms with Crippen LogP contribution in [0.4, 0.5) is 0 Å². The molecule has 0 spiro atoms. The van der Waals surface area contributed by atoms with E-state index in [1.54, 1.807) is 11.3 Å². The lowest BCUT2D eigenvalue weighted by Crippen LogP contribution is -1.80. The van der Waals surface area contributed by atoms with Crippen LogP contribution in [0.3, 0.4) is 0 Å². The number of allylic oxidation sites excluding steroid dienone is 1. The largest absolute Gasteiger partial charge is 0.464 e. The van der Waals surface area contributed by atoms with Crippen molar-refractivity contribution in [2.75, 3.05) is 0 Å². The molecule has 4 aromatic rings. The Kier molecular flexibility index (Phi) is 5.03. The predicted molar refractivity (Wildman–Crippen MR) is 112 cm³/mol. The highest BCUT2D eigenvalue weighted by Crippen LogP contribution is 2.31. The maximum atomic E-state index is 5.22. The molecule has 5 heteroatoms. The topological polar surface area (TPSA) is 46.8 Å². The lowest BCUT2D eigenvalue weighted by Gasteiger charge is -1.96. The van der Waals surface area contributed by atoms with Gasteiger partial charge in [-0.1, -0.05) is 13.0 Å². The third kappa shape index (κ3) is 3.65. The van der Waals surface area contributed by atoms with Crippen molar-refractivity contribution in [3.8, 4) is 0 Å². The summed E-state index contributed by atoms with van der Waals surface area (Å²) in [6.45, 7) is 4.37. The maximum Gasteiger partial charge on any atom is 0.130 e. The number of rotatable bonds is 0. The van der Waals surface area contributed by atoms with Gasteiger partial charge in [0.25, 0.3) is 0 Å². The Labute approximate surface area is 163 Å². The van der Waals surface area contributed by atoms with Crippen LogP contribution in [0.5, 0.6) is 0 Å². The van der Waals surface area contributed by atoms with E-state index in [-0.39, 0.29) is 0 Å². The summed E-state index contributed by atoms with van der Waals surface area (Å²) >= 11 is 1.72. The second-order valence-corrected chi connectivity index (χ2v) is 8.08. The number of aromatic amines is 1. The van der Waals surface area contributed by atoms with E-state index in [0.29, 0.717) is 0 Å². The van der Waals surface area contributed by atoms with Gasteiger partial charge in [-0.15, -0.1) is 11.3 Å². The molecule has 4 nitrogen and oxygen atoms in total. The summed E-state index contributed by atoms with van der Waals surface area (Å²) in [6, 6.07) is 4.23. The summed E-state index contributed by atoms with van der Waals surface area (Å²) in [4.78, 5) is 8.64. The summed E-state index contributed by atoms with van der Waals surface area (Å²) < 4.78 is 7.25. The quantitative estimate of drug-likeness (QED) is 0.416. The fourth-order valence-electron chi connectivity index (χ4n) is 3.64.